The second-order valence-electron chi connectivity index (χ2n) is 7.61. The third kappa shape index (κ3) is 3.83. The molecule has 1 aliphatic heterocycles. The standard InChI is InChI=1S/C24H26N2O4/c1-15-13-26(14-16(2)30-15)24(27)19-12-21(25-20-8-6-5-7-18(19)20)17-9-10-22(28-3)23(11-17)29-4/h5-12,15-16H,13-14H2,1-4H3/t15-,16+. The second kappa shape index (κ2) is 8.32. The molecule has 0 spiro atoms. The number of rotatable bonds is 4. The van der Waals surface area contributed by atoms with Crippen LogP contribution in [0.2, 0.25) is 0 Å². The highest BCUT2D eigenvalue weighted by Crippen LogP contribution is 2.33. The van der Waals surface area contributed by atoms with Crippen molar-refractivity contribution in [3.63, 3.8) is 0 Å². The lowest BCUT2D eigenvalue weighted by Crippen LogP contribution is -2.48. The molecule has 0 unspecified atom stereocenters. The monoisotopic (exact) mass is 406 g/mol. The van der Waals surface area contributed by atoms with Crippen molar-refractivity contribution in [1.29, 1.82) is 0 Å². The predicted molar refractivity (Wildman–Crippen MR) is 116 cm³/mol. The van der Waals surface area contributed by atoms with Gasteiger partial charge in [-0.15, -0.1) is 0 Å². The zero-order valence-corrected chi connectivity index (χ0v) is 17.7. The number of amides is 1. The number of hydrogen-bond acceptors (Lipinski definition) is 5. The number of hydrogen-bond donors (Lipinski definition) is 0. The van der Waals surface area contributed by atoms with Crippen LogP contribution in [-0.2, 0) is 4.74 Å². The van der Waals surface area contributed by atoms with Crippen molar-refractivity contribution in [3.8, 4) is 22.8 Å². The van der Waals surface area contributed by atoms with Crippen LogP contribution in [0.1, 0.15) is 24.2 Å². The Bertz CT molecular complexity index is 1070. The Kier molecular flexibility index (Phi) is 5.59. The fourth-order valence-corrected chi connectivity index (χ4v) is 4.01. The molecule has 3 aromatic rings. The third-order valence-electron chi connectivity index (χ3n) is 5.33. The minimum absolute atomic E-state index is 0.00248. The van der Waals surface area contributed by atoms with Gasteiger partial charge in [-0.2, -0.15) is 0 Å². The van der Waals surface area contributed by atoms with Gasteiger partial charge in [-0.3, -0.25) is 4.79 Å². The Morgan fingerprint density at radius 3 is 2.40 bits per heavy atom. The summed E-state index contributed by atoms with van der Waals surface area (Å²) in [4.78, 5) is 20.2. The van der Waals surface area contributed by atoms with Gasteiger partial charge >= 0.3 is 0 Å². The van der Waals surface area contributed by atoms with Gasteiger partial charge in [0.15, 0.2) is 11.5 Å². The fraction of sp³-hybridized carbons (Fsp3) is 0.333. The molecule has 1 aliphatic rings. The molecule has 0 aliphatic carbocycles. The Balaban J connectivity index is 1.81. The summed E-state index contributed by atoms with van der Waals surface area (Å²) in [5, 5.41) is 0.846. The lowest BCUT2D eigenvalue weighted by molar-refractivity contribution is -0.0585. The van der Waals surface area contributed by atoms with Gasteiger partial charge in [-0.25, -0.2) is 4.98 Å². The van der Waals surface area contributed by atoms with Crippen molar-refractivity contribution in [3.05, 3.63) is 54.1 Å². The maximum absolute atomic E-state index is 13.5. The molecule has 1 aromatic heterocycles. The first kappa shape index (κ1) is 20.2. The molecule has 6 nitrogen and oxygen atoms in total. The van der Waals surface area contributed by atoms with E-state index in [1.54, 1.807) is 14.2 Å². The molecule has 1 amide bonds. The molecular weight excluding hydrogens is 380 g/mol. The summed E-state index contributed by atoms with van der Waals surface area (Å²) in [6, 6.07) is 15.3. The molecule has 2 atom stereocenters. The molecule has 2 heterocycles. The van der Waals surface area contributed by atoms with E-state index in [4.69, 9.17) is 19.2 Å². The van der Waals surface area contributed by atoms with E-state index in [1.165, 1.54) is 0 Å². The lowest BCUT2D eigenvalue weighted by Gasteiger charge is -2.35. The molecule has 4 rings (SSSR count). The highest BCUT2D eigenvalue weighted by atomic mass is 16.5. The SMILES string of the molecule is COc1ccc(-c2cc(C(=O)N3C[C@@H](C)O[C@@H](C)C3)c3ccccc3n2)cc1OC. The van der Waals surface area contributed by atoms with Gasteiger partial charge in [0.1, 0.15) is 0 Å². The lowest BCUT2D eigenvalue weighted by atomic mass is 10.0. The number of nitrogens with zero attached hydrogens (tertiary/aromatic N) is 2. The van der Waals surface area contributed by atoms with Gasteiger partial charge in [-0.05, 0) is 44.2 Å². The van der Waals surface area contributed by atoms with Crippen LogP contribution in [-0.4, -0.2) is 55.3 Å². The Morgan fingerprint density at radius 2 is 1.70 bits per heavy atom. The average Bonchev–Trinajstić information content (AvgIpc) is 2.76. The van der Waals surface area contributed by atoms with Gasteiger partial charge in [0.25, 0.3) is 5.91 Å². The summed E-state index contributed by atoms with van der Waals surface area (Å²) in [5.41, 5.74) is 3.00. The number of carbonyl (C=O) groups is 1. The van der Waals surface area contributed by atoms with E-state index in [0.29, 0.717) is 35.8 Å². The molecule has 0 N–H and O–H groups in total. The van der Waals surface area contributed by atoms with E-state index < -0.39 is 0 Å². The quantitative estimate of drug-likeness (QED) is 0.651. The molecule has 1 saturated heterocycles. The molecule has 0 saturated carbocycles. The maximum atomic E-state index is 13.5. The van der Waals surface area contributed by atoms with Crippen LogP contribution in [0.3, 0.4) is 0 Å². The largest absolute Gasteiger partial charge is 0.493 e. The number of carbonyl (C=O) groups excluding carboxylic acids is 1. The van der Waals surface area contributed by atoms with Crippen LogP contribution in [0.15, 0.2) is 48.5 Å². The Morgan fingerprint density at radius 1 is 1.00 bits per heavy atom. The van der Waals surface area contributed by atoms with Crippen molar-refractivity contribution in [2.24, 2.45) is 0 Å². The first-order valence-corrected chi connectivity index (χ1v) is 10.1. The predicted octanol–water partition coefficient (Wildman–Crippen LogP) is 4.17. The topological polar surface area (TPSA) is 60.9 Å². The smallest absolute Gasteiger partial charge is 0.254 e. The zero-order valence-electron chi connectivity index (χ0n) is 17.7. The minimum atomic E-state index is -0.00248. The second-order valence-corrected chi connectivity index (χ2v) is 7.61. The maximum Gasteiger partial charge on any atom is 0.254 e. The Hall–Kier alpha value is -3.12. The highest BCUT2D eigenvalue weighted by Gasteiger charge is 2.28. The number of benzene rings is 2. The summed E-state index contributed by atoms with van der Waals surface area (Å²) in [6.45, 7) is 5.14. The Labute approximate surface area is 176 Å². The fourth-order valence-electron chi connectivity index (χ4n) is 4.01. The zero-order chi connectivity index (χ0) is 21.3. The van der Waals surface area contributed by atoms with Gasteiger partial charge in [0, 0.05) is 24.0 Å². The molecule has 2 aromatic carbocycles. The normalized spacial score (nSPS) is 19.0. The summed E-state index contributed by atoms with van der Waals surface area (Å²) >= 11 is 0. The molecular formula is C24H26N2O4. The number of aromatic nitrogens is 1. The van der Waals surface area contributed by atoms with Crippen molar-refractivity contribution < 1.29 is 19.0 Å². The molecule has 1 fully saturated rings. The van der Waals surface area contributed by atoms with Crippen LogP contribution < -0.4 is 9.47 Å². The first-order valence-electron chi connectivity index (χ1n) is 10.1. The van der Waals surface area contributed by atoms with E-state index in [-0.39, 0.29) is 18.1 Å². The van der Waals surface area contributed by atoms with E-state index in [9.17, 15) is 4.79 Å². The molecule has 0 radical (unpaired) electrons. The molecule has 30 heavy (non-hydrogen) atoms. The minimum Gasteiger partial charge on any atom is -0.493 e. The van der Waals surface area contributed by atoms with Crippen molar-refractivity contribution in [1.82, 2.24) is 9.88 Å². The van der Waals surface area contributed by atoms with Crippen LogP contribution in [0.4, 0.5) is 0 Å². The molecule has 156 valence electrons. The van der Waals surface area contributed by atoms with E-state index >= 15 is 0 Å². The van der Waals surface area contributed by atoms with Gasteiger partial charge < -0.3 is 19.1 Å². The first-order chi connectivity index (χ1) is 14.5. The summed E-state index contributed by atoms with van der Waals surface area (Å²) in [6.07, 6.45) is 0.0206. The van der Waals surface area contributed by atoms with Crippen molar-refractivity contribution in [2.75, 3.05) is 27.3 Å². The number of pyridine rings is 1. The third-order valence-corrected chi connectivity index (χ3v) is 5.33. The van der Waals surface area contributed by atoms with Crippen molar-refractivity contribution in [2.45, 2.75) is 26.1 Å². The van der Waals surface area contributed by atoms with Crippen LogP contribution in [0, 0.1) is 0 Å². The van der Waals surface area contributed by atoms with Gasteiger partial charge in [0.05, 0.1) is 43.2 Å². The van der Waals surface area contributed by atoms with Gasteiger partial charge in [0.2, 0.25) is 0 Å². The molecule has 6 heteroatoms. The summed E-state index contributed by atoms with van der Waals surface area (Å²) in [5.74, 6) is 1.26. The van der Waals surface area contributed by atoms with Crippen molar-refractivity contribution >= 4 is 16.8 Å². The van der Waals surface area contributed by atoms with Crippen LogP contribution >= 0.6 is 0 Å². The number of ether oxygens (including phenoxy) is 3. The average molecular weight is 406 g/mol. The number of fused-ring (bicyclic) bond motifs is 1. The highest BCUT2D eigenvalue weighted by molar-refractivity contribution is 6.07. The number of morpholine rings is 1. The van der Waals surface area contributed by atoms with Gasteiger partial charge in [-0.1, -0.05) is 18.2 Å². The molecule has 0 bridgehead atoms. The van der Waals surface area contributed by atoms with E-state index in [1.807, 2.05) is 67.3 Å². The summed E-state index contributed by atoms with van der Waals surface area (Å²) in [7, 11) is 3.21. The van der Waals surface area contributed by atoms with Crippen LogP contribution in [0.25, 0.3) is 22.2 Å². The summed E-state index contributed by atoms with van der Waals surface area (Å²) < 4.78 is 16.6. The number of para-hydroxylation sites is 1. The van der Waals surface area contributed by atoms with E-state index in [0.717, 1.165) is 16.5 Å². The number of methoxy groups -OCH3 is 2. The van der Waals surface area contributed by atoms with Crippen LogP contribution in [0.5, 0.6) is 11.5 Å². The van der Waals surface area contributed by atoms with E-state index in [2.05, 4.69) is 0 Å².